The average Bonchev–Trinajstić information content (AvgIpc) is 2.62. The molecule has 1 aliphatic heterocycles. The number of hydrogen-bond donors (Lipinski definition) is 0. The molecule has 124 valence electrons. The van der Waals surface area contributed by atoms with Gasteiger partial charge in [0.15, 0.2) is 0 Å². The van der Waals surface area contributed by atoms with Gasteiger partial charge < -0.3 is 4.90 Å². The summed E-state index contributed by atoms with van der Waals surface area (Å²) in [6.45, 7) is 0.534. The first-order chi connectivity index (χ1) is 12.1. The summed E-state index contributed by atoms with van der Waals surface area (Å²) < 4.78 is 0. The highest BCUT2D eigenvalue weighted by Gasteiger charge is 2.24. The third-order valence-electron chi connectivity index (χ3n) is 4.05. The van der Waals surface area contributed by atoms with E-state index in [9.17, 15) is 10.1 Å². The predicted molar refractivity (Wildman–Crippen MR) is 101 cm³/mol. The fourth-order valence-corrected chi connectivity index (χ4v) is 4.17. The predicted octanol–water partition coefficient (Wildman–Crippen LogP) is 6.05. The number of hydrogen-bond acceptors (Lipinski definition) is 4. The normalized spacial score (nSPS) is 12.4. The smallest absolute Gasteiger partial charge is 0.269 e. The Bertz CT molecular complexity index is 977. The van der Waals surface area contributed by atoms with E-state index in [1.165, 1.54) is 6.07 Å². The van der Waals surface area contributed by atoms with Gasteiger partial charge >= 0.3 is 0 Å². The third kappa shape index (κ3) is 3.08. The molecule has 25 heavy (non-hydrogen) atoms. The highest BCUT2D eigenvalue weighted by Crippen LogP contribution is 2.49. The molecule has 0 fully saturated rings. The summed E-state index contributed by atoms with van der Waals surface area (Å²) in [4.78, 5) is 15.1. The SMILES string of the molecule is O=[N+]([O-])c1cccc(CN2c3ccccc3Sc3ccc(Cl)cc32)c1. The number of halogens is 1. The van der Waals surface area contributed by atoms with Crippen LogP contribution in [0.1, 0.15) is 5.56 Å². The molecule has 0 aromatic heterocycles. The van der Waals surface area contributed by atoms with Gasteiger partial charge in [-0.25, -0.2) is 0 Å². The molecule has 3 aromatic carbocycles. The van der Waals surface area contributed by atoms with Crippen LogP contribution < -0.4 is 4.90 Å². The summed E-state index contributed by atoms with van der Waals surface area (Å²) in [6, 6.07) is 20.7. The molecule has 0 radical (unpaired) electrons. The fraction of sp³-hybridized carbons (Fsp3) is 0.0526. The van der Waals surface area contributed by atoms with Crippen molar-refractivity contribution in [3.63, 3.8) is 0 Å². The topological polar surface area (TPSA) is 46.4 Å². The highest BCUT2D eigenvalue weighted by molar-refractivity contribution is 7.99. The molecule has 0 N–H and O–H groups in total. The van der Waals surface area contributed by atoms with Crippen molar-refractivity contribution in [3.8, 4) is 0 Å². The number of anilines is 2. The van der Waals surface area contributed by atoms with Crippen molar-refractivity contribution in [2.75, 3.05) is 4.90 Å². The molecule has 0 atom stereocenters. The summed E-state index contributed by atoms with van der Waals surface area (Å²) in [7, 11) is 0. The second kappa shape index (κ2) is 6.43. The van der Waals surface area contributed by atoms with Crippen molar-refractivity contribution in [1.82, 2.24) is 0 Å². The first-order valence-electron chi connectivity index (χ1n) is 7.69. The van der Waals surface area contributed by atoms with Crippen molar-refractivity contribution in [1.29, 1.82) is 0 Å². The van der Waals surface area contributed by atoms with E-state index < -0.39 is 0 Å². The lowest BCUT2D eigenvalue weighted by molar-refractivity contribution is -0.384. The second-order valence-electron chi connectivity index (χ2n) is 5.69. The van der Waals surface area contributed by atoms with E-state index in [2.05, 4.69) is 17.0 Å². The zero-order valence-electron chi connectivity index (χ0n) is 13.1. The number of nitro benzene ring substituents is 1. The maximum Gasteiger partial charge on any atom is 0.269 e. The minimum atomic E-state index is -0.367. The van der Waals surface area contributed by atoms with Crippen LogP contribution in [0.5, 0.6) is 0 Å². The monoisotopic (exact) mass is 368 g/mol. The Labute approximate surface area is 154 Å². The lowest BCUT2D eigenvalue weighted by Gasteiger charge is -2.33. The van der Waals surface area contributed by atoms with Crippen LogP contribution >= 0.6 is 23.4 Å². The molecular formula is C19H13ClN2O2S. The standard InChI is InChI=1S/C19H13ClN2O2S/c20-14-8-9-19-17(11-14)21(16-6-1-2-7-18(16)25-19)12-13-4-3-5-15(10-13)22(23)24/h1-11H,12H2. The molecular weight excluding hydrogens is 356 g/mol. The van der Waals surface area contributed by atoms with Gasteiger partial charge in [-0.05, 0) is 35.9 Å². The van der Waals surface area contributed by atoms with Gasteiger partial charge in [-0.15, -0.1) is 0 Å². The van der Waals surface area contributed by atoms with Crippen LogP contribution in [-0.2, 0) is 6.54 Å². The van der Waals surface area contributed by atoms with Crippen molar-refractivity contribution < 1.29 is 4.92 Å². The summed E-state index contributed by atoms with van der Waals surface area (Å²) in [6.07, 6.45) is 0. The van der Waals surface area contributed by atoms with Crippen LogP contribution in [0.15, 0.2) is 76.5 Å². The summed E-state index contributed by atoms with van der Waals surface area (Å²) in [5, 5.41) is 11.7. The lowest BCUT2D eigenvalue weighted by Crippen LogP contribution is -2.20. The maximum absolute atomic E-state index is 11.1. The van der Waals surface area contributed by atoms with Gasteiger partial charge in [0.05, 0.1) is 16.3 Å². The van der Waals surface area contributed by atoms with Gasteiger partial charge in [0.1, 0.15) is 0 Å². The zero-order valence-corrected chi connectivity index (χ0v) is 14.6. The van der Waals surface area contributed by atoms with Crippen molar-refractivity contribution in [2.24, 2.45) is 0 Å². The molecule has 0 saturated carbocycles. The number of rotatable bonds is 3. The Morgan fingerprint density at radius 1 is 0.960 bits per heavy atom. The van der Waals surface area contributed by atoms with E-state index in [-0.39, 0.29) is 10.6 Å². The van der Waals surface area contributed by atoms with E-state index in [1.54, 1.807) is 23.9 Å². The molecule has 1 heterocycles. The molecule has 1 aliphatic rings. The molecule has 4 nitrogen and oxygen atoms in total. The Kier molecular flexibility index (Phi) is 4.11. The Balaban J connectivity index is 1.80. The second-order valence-corrected chi connectivity index (χ2v) is 7.22. The first-order valence-corrected chi connectivity index (χ1v) is 8.88. The van der Waals surface area contributed by atoms with Crippen LogP contribution in [-0.4, -0.2) is 4.92 Å². The molecule has 6 heteroatoms. The van der Waals surface area contributed by atoms with Gasteiger partial charge in [-0.3, -0.25) is 10.1 Å². The Morgan fingerprint density at radius 3 is 2.60 bits per heavy atom. The van der Waals surface area contributed by atoms with Gasteiger partial charge in [-0.1, -0.05) is 47.6 Å². The quantitative estimate of drug-likeness (QED) is 0.417. The molecule has 0 bridgehead atoms. The van der Waals surface area contributed by atoms with Crippen molar-refractivity contribution in [2.45, 2.75) is 16.3 Å². The van der Waals surface area contributed by atoms with E-state index in [4.69, 9.17) is 11.6 Å². The molecule has 0 spiro atoms. The molecule has 0 amide bonds. The largest absolute Gasteiger partial charge is 0.335 e. The van der Waals surface area contributed by atoms with Crippen LogP contribution in [0.3, 0.4) is 0 Å². The molecule has 0 aliphatic carbocycles. The van der Waals surface area contributed by atoms with E-state index in [1.807, 2.05) is 36.4 Å². The van der Waals surface area contributed by atoms with Gasteiger partial charge in [-0.2, -0.15) is 0 Å². The fourth-order valence-electron chi connectivity index (χ4n) is 2.92. The van der Waals surface area contributed by atoms with Crippen LogP contribution in [0.4, 0.5) is 17.1 Å². The maximum atomic E-state index is 11.1. The number of fused-ring (bicyclic) bond motifs is 2. The van der Waals surface area contributed by atoms with E-state index in [0.717, 1.165) is 26.7 Å². The summed E-state index contributed by atoms with van der Waals surface area (Å²) in [5.74, 6) is 0. The summed E-state index contributed by atoms with van der Waals surface area (Å²) in [5.41, 5.74) is 3.07. The van der Waals surface area contributed by atoms with Crippen LogP contribution in [0, 0.1) is 10.1 Å². The van der Waals surface area contributed by atoms with Crippen molar-refractivity contribution in [3.05, 3.63) is 87.4 Å². The lowest BCUT2D eigenvalue weighted by atomic mass is 10.1. The number of benzene rings is 3. The van der Waals surface area contributed by atoms with E-state index >= 15 is 0 Å². The van der Waals surface area contributed by atoms with E-state index in [0.29, 0.717) is 11.6 Å². The van der Waals surface area contributed by atoms with Crippen molar-refractivity contribution >= 4 is 40.4 Å². The number of nitro groups is 1. The third-order valence-corrected chi connectivity index (χ3v) is 5.42. The zero-order chi connectivity index (χ0) is 17.4. The van der Waals surface area contributed by atoms with Gasteiger partial charge in [0.2, 0.25) is 0 Å². The van der Waals surface area contributed by atoms with Crippen LogP contribution in [0.2, 0.25) is 5.02 Å². The Morgan fingerprint density at radius 2 is 1.76 bits per heavy atom. The minimum Gasteiger partial charge on any atom is -0.335 e. The minimum absolute atomic E-state index is 0.100. The Hall–Kier alpha value is -2.50. The molecule has 0 unspecified atom stereocenters. The van der Waals surface area contributed by atoms with Crippen LogP contribution in [0.25, 0.3) is 0 Å². The number of nitrogens with zero attached hydrogens (tertiary/aromatic N) is 2. The highest BCUT2D eigenvalue weighted by atomic mass is 35.5. The van der Waals surface area contributed by atoms with Gasteiger partial charge in [0.25, 0.3) is 5.69 Å². The molecule has 3 aromatic rings. The first kappa shape index (κ1) is 16.0. The number of para-hydroxylation sites is 1. The number of non-ortho nitro benzene ring substituents is 1. The summed E-state index contributed by atoms with van der Waals surface area (Å²) >= 11 is 7.92. The molecule has 0 saturated heterocycles. The average molecular weight is 369 g/mol. The molecule has 4 rings (SSSR count). The van der Waals surface area contributed by atoms with Gasteiger partial charge in [0, 0.05) is 33.5 Å².